The van der Waals surface area contributed by atoms with Gasteiger partial charge in [0.2, 0.25) is 0 Å². The lowest BCUT2D eigenvalue weighted by Crippen LogP contribution is -2.12. The normalized spacial score (nSPS) is 11.6. The summed E-state index contributed by atoms with van der Waals surface area (Å²) in [5, 5.41) is 5.57. The maximum absolute atomic E-state index is 4.39. The van der Waals surface area contributed by atoms with Gasteiger partial charge in [0.1, 0.15) is 12.2 Å². The Balaban J connectivity index is 2.06. The number of aromatic nitrogens is 4. The van der Waals surface area contributed by atoms with Gasteiger partial charge in [-0.3, -0.25) is 0 Å². The summed E-state index contributed by atoms with van der Waals surface area (Å²) >= 11 is 0. The molecule has 4 nitrogen and oxygen atoms in total. The molecule has 0 N–H and O–H groups in total. The van der Waals surface area contributed by atoms with Crippen molar-refractivity contribution in [2.45, 2.75) is 33.4 Å². The maximum atomic E-state index is 4.39. The lowest BCUT2D eigenvalue weighted by Gasteiger charge is -2.12. The van der Waals surface area contributed by atoms with E-state index >= 15 is 0 Å². The molecule has 2 heterocycles. The molecule has 19 heavy (non-hydrogen) atoms. The summed E-state index contributed by atoms with van der Waals surface area (Å²) in [6.07, 6.45) is 1.64. The number of benzene rings is 1. The van der Waals surface area contributed by atoms with E-state index in [2.05, 4.69) is 65.8 Å². The Morgan fingerprint density at radius 3 is 2.79 bits per heavy atom. The maximum Gasteiger partial charge on any atom is 0.147 e. The van der Waals surface area contributed by atoms with Gasteiger partial charge in [0.25, 0.3) is 0 Å². The van der Waals surface area contributed by atoms with E-state index in [4.69, 9.17) is 0 Å². The van der Waals surface area contributed by atoms with Gasteiger partial charge in [0, 0.05) is 17.3 Å². The second kappa shape index (κ2) is 4.53. The third kappa shape index (κ3) is 2.03. The molecule has 0 aliphatic heterocycles. The predicted octanol–water partition coefficient (Wildman–Crippen LogP) is 3.17. The van der Waals surface area contributed by atoms with Crippen LogP contribution in [0.15, 0.2) is 36.7 Å². The van der Waals surface area contributed by atoms with Crippen molar-refractivity contribution in [2.75, 3.05) is 0 Å². The number of fused-ring (bicyclic) bond motifs is 1. The molecule has 0 saturated carbocycles. The number of hydrogen-bond donors (Lipinski definition) is 0. The van der Waals surface area contributed by atoms with Crippen molar-refractivity contribution in [1.29, 1.82) is 0 Å². The molecule has 0 aliphatic carbocycles. The fourth-order valence-electron chi connectivity index (χ4n) is 2.52. The molecule has 1 aromatic carbocycles. The Morgan fingerprint density at radius 1 is 1.21 bits per heavy atom. The van der Waals surface area contributed by atoms with Crippen LogP contribution < -0.4 is 0 Å². The van der Waals surface area contributed by atoms with E-state index in [0.29, 0.717) is 6.04 Å². The number of hydrogen-bond acceptors (Lipinski definition) is 2. The monoisotopic (exact) mass is 254 g/mol. The van der Waals surface area contributed by atoms with E-state index in [0.717, 1.165) is 12.4 Å². The van der Waals surface area contributed by atoms with E-state index in [1.165, 1.54) is 16.6 Å². The Kier molecular flexibility index (Phi) is 2.85. The molecule has 0 unspecified atom stereocenters. The van der Waals surface area contributed by atoms with Crippen LogP contribution in [0, 0.1) is 6.92 Å². The molecule has 0 fully saturated rings. The molecule has 0 amide bonds. The second-order valence-electron chi connectivity index (χ2n) is 5.15. The van der Waals surface area contributed by atoms with E-state index in [1.807, 2.05) is 4.68 Å². The van der Waals surface area contributed by atoms with Gasteiger partial charge >= 0.3 is 0 Å². The van der Waals surface area contributed by atoms with Crippen molar-refractivity contribution in [3.8, 4) is 0 Å². The summed E-state index contributed by atoms with van der Waals surface area (Å²) in [7, 11) is 0. The lowest BCUT2D eigenvalue weighted by molar-refractivity contribution is 0.497. The summed E-state index contributed by atoms with van der Waals surface area (Å²) in [5.74, 6) is 0.999. The Morgan fingerprint density at radius 2 is 2.00 bits per heavy atom. The fraction of sp³-hybridized carbons (Fsp3) is 0.333. The van der Waals surface area contributed by atoms with Crippen LogP contribution in [-0.2, 0) is 6.54 Å². The molecule has 0 bridgehead atoms. The molecule has 3 aromatic rings. The van der Waals surface area contributed by atoms with Gasteiger partial charge < -0.3 is 4.57 Å². The van der Waals surface area contributed by atoms with Crippen molar-refractivity contribution in [2.24, 2.45) is 0 Å². The Hall–Kier alpha value is -2.10. The van der Waals surface area contributed by atoms with Crippen molar-refractivity contribution in [3.63, 3.8) is 0 Å². The molecule has 0 saturated heterocycles. The third-order valence-corrected chi connectivity index (χ3v) is 3.45. The first-order chi connectivity index (χ1) is 9.16. The quantitative estimate of drug-likeness (QED) is 0.719. The van der Waals surface area contributed by atoms with Crippen LogP contribution in [0.4, 0.5) is 0 Å². The van der Waals surface area contributed by atoms with E-state index in [9.17, 15) is 0 Å². The van der Waals surface area contributed by atoms with Crippen LogP contribution >= 0.6 is 0 Å². The van der Waals surface area contributed by atoms with Gasteiger partial charge in [-0.2, -0.15) is 5.10 Å². The summed E-state index contributed by atoms with van der Waals surface area (Å²) in [4.78, 5) is 4.39. The topological polar surface area (TPSA) is 35.6 Å². The van der Waals surface area contributed by atoms with Crippen LogP contribution in [-0.4, -0.2) is 19.3 Å². The van der Waals surface area contributed by atoms with Crippen molar-refractivity contribution in [3.05, 3.63) is 48.2 Å². The first kappa shape index (κ1) is 12.0. The van der Waals surface area contributed by atoms with Gasteiger partial charge in [-0.1, -0.05) is 18.2 Å². The minimum absolute atomic E-state index is 0.333. The second-order valence-corrected chi connectivity index (χ2v) is 5.15. The largest absolute Gasteiger partial charge is 0.337 e. The van der Waals surface area contributed by atoms with Crippen LogP contribution in [0.3, 0.4) is 0 Å². The van der Waals surface area contributed by atoms with Crippen molar-refractivity contribution < 1.29 is 0 Å². The van der Waals surface area contributed by atoms with Crippen molar-refractivity contribution >= 4 is 10.9 Å². The zero-order valence-electron chi connectivity index (χ0n) is 11.5. The van der Waals surface area contributed by atoms with Crippen LogP contribution in [0.2, 0.25) is 0 Å². The minimum atomic E-state index is 0.333. The van der Waals surface area contributed by atoms with Crippen LogP contribution in [0.25, 0.3) is 10.9 Å². The average Bonchev–Trinajstić information content (AvgIpc) is 2.96. The highest BCUT2D eigenvalue weighted by Crippen LogP contribution is 2.20. The molecular formula is C15H18N4. The van der Waals surface area contributed by atoms with Gasteiger partial charge in [0.15, 0.2) is 0 Å². The van der Waals surface area contributed by atoms with Gasteiger partial charge in [-0.25, -0.2) is 9.67 Å². The smallest absolute Gasteiger partial charge is 0.147 e. The van der Waals surface area contributed by atoms with Crippen molar-refractivity contribution in [1.82, 2.24) is 19.3 Å². The van der Waals surface area contributed by atoms with Gasteiger partial charge in [-0.05, 0) is 38.3 Å². The summed E-state index contributed by atoms with van der Waals surface area (Å²) < 4.78 is 4.27. The standard InChI is InChI=1S/C15H18N4/c1-11(2)19-15(16-10-17-19)9-18-12(3)8-13-6-4-5-7-14(13)18/h4-8,10-11H,9H2,1-3H3. The molecule has 2 aromatic heterocycles. The summed E-state index contributed by atoms with van der Waals surface area (Å²) in [5.41, 5.74) is 2.50. The molecule has 0 radical (unpaired) electrons. The Bertz CT molecular complexity index is 706. The van der Waals surface area contributed by atoms with Crippen LogP contribution in [0.1, 0.15) is 31.4 Å². The fourth-order valence-corrected chi connectivity index (χ4v) is 2.52. The number of aryl methyl sites for hydroxylation is 1. The highest BCUT2D eigenvalue weighted by molar-refractivity contribution is 5.81. The first-order valence-corrected chi connectivity index (χ1v) is 6.60. The number of nitrogens with zero attached hydrogens (tertiary/aromatic N) is 4. The first-order valence-electron chi connectivity index (χ1n) is 6.60. The summed E-state index contributed by atoms with van der Waals surface area (Å²) in [6, 6.07) is 11.0. The van der Waals surface area contributed by atoms with Gasteiger partial charge in [0.05, 0.1) is 6.54 Å². The zero-order valence-corrected chi connectivity index (χ0v) is 11.5. The summed E-state index contributed by atoms with van der Waals surface area (Å²) in [6.45, 7) is 7.14. The molecule has 3 rings (SSSR count). The highest BCUT2D eigenvalue weighted by Gasteiger charge is 2.11. The third-order valence-electron chi connectivity index (χ3n) is 3.45. The molecular weight excluding hydrogens is 236 g/mol. The minimum Gasteiger partial charge on any atom is -0.337 e. The number of para-hydroxylation sites is 1. The van der Waals surface area contributed by atoms with E-state index < -0.39 is 0 Å². The van der Waals surface area contributed by atoms with Crippen LogP contribution in [0.5, 0.6) is 0 Å². The number of rotatable bonds is 3. The van der Waals surface area contributed by atoms with E-state index in [1.54, 1.807) is 6.33 Å². The molecule has 0 atom stereocenters. The predicted molar refractivity (Wildman–Crippen MR) is 76.2 cm³/mol. The molecule has 98 valence electrons. The van der Waals surface area contributed by atoms with E-state index in [-0.39, 0.29) is 0 Å². The molecule has 0 aliphatic rings. The zero-order chi connectivity index (χ0) is 13.4. The lowest BCUT2D eigenvalue weighted by atomic mass is 10.2. The molecule has 4 heteroatoms. The van der Waals surface area contributed by atoms with Gasteiger partial charge in [-0.15, -0.1) is 0 Å². The molecule has 0 spiro atoms. The average molecular weight is 254 g/mol. The SMILES string of the molecule is Cc1cc2ccccc2n1Cc1ncnn1C(C)C. The highest BCUT2D eigenvalue weighted by atomic mass is 15.4. The Labute approximate surface area is 112 Å².